The minimum Gasteiger partial charge on any atom is -0.507 e. The molecule has 5 rings (SSSR count). The predicted octanol–water partition coefficient (Wildman–Crippen LogP) is 6.83. The number of rotatable bonds is 9. The highest BCUT2D eigenvalue weighted by Gasteiger charge is 2.51. The van der Waals surface area contributed by atoms with Crippen LogP contribution >= 0.6 is 0 Å². The Morgan fingerprint density at radius 2 is 1.88 bits per heavy atom. The zero-order valence-electron chi connectivity index (χ0n) is 29.3. The third kappa shape index (κ3) is 6.92. The molecule has 260 valence electrons. The number of nitrogens with one attached hydrogen (secondary N) is 3. The largest absolute Gasteiger partial charge is 0.507 e. The highest BCUT2D eigenvalue weighted by Crippen LogP contribution is 2.40. The lowest BCUT2D eigenvalue weighted by atomic mass is 9.71. The van der Waals surface area contributed by atoms with Gasteiger partial charge in [-0.1, -0.05) is 86.2 Å². The van der Waals surface area contributed by atoms with Crippen LogP contribution in [0.1, 0.15) is 75.9 Å². The Kier molecular flexibility index (Phi) is 10.0. The Morgan fingerprint density at radius 1 is 1.14 bits per heavy atom. The fourth-order valence-electron chi connectivity index (χ4n) is 6.59. The van der Waals surface area contributed by atoms with E-state index in [-0.39, 0.29) is 40.1 Å². The molecule has 5 N–H and O–H groups in total. The second kappa shape index (κ2) is 14.1. The highest BCUT2D eigenvalue weighted by atomic mass is 16.5. The average molecular weight is 677 g/mol. The van der Waals surface area contributed by atoms with Crippen molar-refractivity contribution in [3.63, 3.8) is 0 Å². The third-order valence-corrected chi connectivity index (χ3v) is 9.35. The summed E-state index contributed by atoms with van der Waals surface area (Å²) >= 11 is 0. The van der Waals surface area contributed by atoms with Gasteiger partial charge in [-0.2, -0.15) is 0 Å². The SMILES string of the molecule is C=CC(C)(C)c1[nH]c2ccccc2c1/C=C1\NC(=O)[C@@]2(C[C@@H](C)C=C[C@H]2/C=C/c2c(OC(C)=O)cc(CC=C(C)C)c(O)c2/C=N\O)NC1=O. The lowest BCUT2D eigenvalue weighted by Crippen LogP contribution is -2.68. The summed E-state index contributed by atoms with van der Waals surface area (Å²) in [6, 6.07) is 9.34. The third-order valence-electron chi connectivity index (χ3n) is 9.35. The minimum absolute atomic E-state index is 0.0306. The molecule has 3 atom stereocenters. The van der Waals surface area contributed by atoms with Crippen LogP contribution in [0.25, 0.3) is 23.1 Å². The second-order valence-corrected chi connectivity index (χ2v) is 13.8. The van der Waals surface area contributed by atoms with Crippen LogP contribution in [0.2, 0.25) is 0 Å². The number of ether oxygens (including phenoxy) is 1. The van der Waals surface area contributed by atoms with E-state index in [4.69, 9.17) is 4.74 Å². The van der Waals surface area contributed by atoms with Gasteiger partial charge in [0, 0.05) is 57.1 Å². The van der Waals surface area contributed by atoms with Crippen molar-refractivity contribution in [1.29, 1.82) is 0 Å². The van der Waals surface area contributed by atoms with Gasteiger partial charge < -0.3 is 30.7 Å². The zero-order valence-corrected chi connectivity index (χ0v) is 29.3. The number of phenolic OH excluding ortho intramolecular Hbond substituents is 1. The van der Waals surface area contributed by atoms with Crippen molar-refractivity contribution in [2.45, 2.75) is 65.3 Å². The van der Waals surface area contributed by atoms with Gasteiger partial charge in [0.25, 0.3) is 11.8 Å². The Balaban J connectivity index is 1.56. The number of piperazine rings is 1. The molecule has 1 aliphatic carbocycles. The molecule has 10 heteroatoms. The van der Waals surface area contributed by atoms with Crippen LogP contribution < -0.4 is 15.4 Å². The molecular formula is C40H44N4O6. The van der Waals surface area contributed by atoms with E-state index in [1.807, 2.05) is 83.2 Å². The van der Waals surface area contributed by atoms with Gasteiger partial charge in [0.05, 0.1) is 6.21 Å². The molecule has 0 bridgehead atoms. The lowest BCUT2D eigenvalue weighted by Gasteiger charge is -2.44. The van der Waals surface area contributed by atoms with Gasteiger partial charge in [-0.15, -0.1) is 6.58 Å². The molecule has 1 fully saturated rings. The number of carbonyl (C=O) groups excluding carboxylic acids is 3. The minimum atomic E-state index is -1.35. The number of aromatic amines is 1. The number of carbonyl (C=O) groups is 3. The van der Waals surface area contributed by atoms with Crippen molar-refractivity contribution in [2.24, 2.45) is 17.0 Å². The lowest BCUT2D eigenvalue weighted by molar-refractivity contribution is -0.138. The first-order valence-corrected chi connectivity index (χ1v) is 16.6. The second-order valence-electron chi connectivity index (χ2n) is 13.8. The number of esters is 1. The number of aromatic nitrogens is 1. The fraction of sp³-hybridized carbons (Fsp3) is 0.300. The maximum Gasteiger partial charge on any atom is 0.308 e. The van der Waals surface area contributed by atoms with Crippen molar-refractivity contribution in [3.05, 3.63) is 107 Å². The standard InChI is InChI=1S/C40H44N4O6/c1-8-39(6,7)36-30(28-11-9-10-12-32(28)42-36)20-33-37(47)44-40(38(48)43-33)21-24(4)14-16-27(40)17-18-29-31(22-41-49)35(46)26(15-13-23(2)3)19-34(29)50-25(5)45/h8-14,16-20,22,24,27,42,46,49H,1,15,21H2,2-7H3,(H,43,48)(H,44,47)/b18-17+,33-20-,41-22-/t24-,27-,40-/m0/s1. The molecular weight excluding hydrogens is 632 g/mol. The molecule has 0 radical (unpaired) electrons. The van der Waals surface area contributed by atoms with Crippen LogP contribution in [0.4, 0.5) is 0 Å². The summed E-state index contributed by atoms with van der Waals surface area (Å²) in [7, 11) is 0. The predicted molar refractivity (Wildman–Crippen MR) is 196 cm³/mol. The quantitative estimate of drug-likeness (QED) is 0.0319. The molecule has 1 aromatic heterocycles. The molecule has 2 aromatic carbocycles. The van der Waals surface area contributed by atoms with Gasteiger partial charge in [-0.3, -0.25) is 14.4 Å². The Labute approximate surface area is 292 Å². The Bertz CT molecular complexity index is 2020. The van der Waals surface area contributed by atoms with Crippen LogP contribution in [0, 0.1) is 11.8 Å². The molecule has 2 heterocycles. The summed E-state index contributed by atoms with van der Waals surface area (Å²) in [6.45, 7) is 15.1. The van der Waals surface area contributed by atoms with E-state index in [9.17, 15) is 24.7 Å². The molecule has 1 saturated heterocycles. The van der Waals surface area contributed by atoms with E-state index < -0.39 is 28.7 Å². The number of H-pyrrole nitrogens is 1. The average Bonchev–Trinajstić information content (AvgIpc) is 3.43. The zero-order chi connectivity index (χ0) is 36.4. The maximum absolute atomic E-state index is 14.2. The first-order valence-electron chi connectivity index (χ1n) is 16.6. The van der Waals surface area contributed by atoms with Crippen molar-refractivity contribution >= 4 is 47.1 Å². The summed E-state index contributed by atoms with van der Waals surface area (Å²) in [4.78, 5) is 43.7. The monoisotopic (exact) mass is 676 g/mol. The Hall–Kier alpha value is -5.64. The molecule has 3 aromatic rings. The van der Waals surface area contributed by atoms with Crippen LogP contribution in [-0.2, 0) is 26.2 Å². The summed E-state index contributed by atoms with van der Waals surface area (Å²) < 4.78 is 5.55. The summed E-state index contributed by atoms with van der Waals surface area (Å²) in [5.74, 6) is -2.07. The van der Waals surface area contributed by atoms with E-state index in [0.29, 0.717) is 18.4 Å². The van der Waals surface area contributed by atoms with Gasteiger partial charge in [-0.05, 0) is 50.8 Å². The van der Waals surface area contributed by atoms with E-state index in [2.05, 4.69) is 27.4 Å². The molecule has 0 saturated carbocycles. The summed E-state index contributed by atoms with van der Waals surface area (Å²) in [5, 5.41) is 30.7. The van der Waals surface area contributed by atoms with Gasteiger partial charge in [0.1, 0.15) is 22.7 Å². The van der Waals surface area contributed by atoms with E-state index in [0.717, 1.165) is 33.9 Å². The number of benzene rings is 2. The van der Waals surface area contributed by atoms with Crippen LogP contribution in [-0.4, -0.2) is 44.8 Å². The summed E-state index contributed by atoms with van der Waals surface area (Å²) in [5.41, 5.74) is 2.73. The van der Waals surface area contributed by atoms with Crippen LogP contribution in [0.5, 0.6) is 11.5 Å². The first-order chi connectivity index (χ1) is 23.7. The van der Waals surface area contributed by atoms with Crippen molar-refractivity contribution in [3.8, 4) is 11.5 Å². The fourth-order valence-corrected chi connectivity index (χ4v) is 6.59. The maximum atomic E-state index is 14.2. The number of nitrogens with zero attached hydrogens (tertiary/aromatic N) is 1. The number of para-hydroxylation sites is 1. The van der Waals surface area contributed by atoms with Gasteiger partial charge in [-0.25, -0.2) is 0 Å². The van der Waals surface area contributed by atoms with Crippen LogP contribution in [0.3, 0.4) is 0 Å². The molecule has 50 heavy (non-hydrogen) atoms. The first kappa shape index (κ1) is 35.7. The van der Waals surface area contributed by atoms with Crippen molar-refractivity contribution < 1.29 is 29.4 Å². The number of phenols is 1. The van der Waals surface area contributed by atoms with Gasteiger partial charge >= 0.3 is 5.97 Å². The molecule has 0 unspecified atom stereocenters. The molecule has 2 aliphatic rings. The number of aromatic hydroxyl groups is 1. The normalized spacial score (nSPS) is 21.6. The van der Waals surface area contributed by atoms with E-state index >= 15 is 0 Å². The van der Waals surface area contributed by atoms with E-state index in [1.165, 1.54) is 6.92 Å². The topological polar surface area (TPSA) is 153 Å². The van der Waals surface area contributed by atoms with Gasteiger partial charge in [0.2, 0.25) is 0 Å². The van der Waals surface area contributed by atoms with Crippen molar-refractivity contribution in [1.82, 2.24) is 15.6 Å². The number of fused-ring (bicyclic) bond motifs is 1. The molecule has 1 aliphatic heterocycles. The van der Waals surface area contributed by atoms with Crippen molar-refractivity contribution in [2.75, 3.05) is 0 Å². The summed E-state index contributed by atoms with van der Waals surface area (Å²) in [6.07, 6.45) is 14.3. The number of amides is 2. The highest BCUT2D eigenvalue weighted by molar-refractivity contribution is 6.11. The number of oxime groups is 1. The molecule has 10 nitrogen and oxygen atoms in total. The van der Waals surface area contributed by atoms with Gasteiger partial charge in [0.15, 0.2) is 0 Å². The number of hydrogen-bond donors (Lipinski definition) is 5. The smallest absolute Gasteiger partial charge is 0.308 e. The Morgan fingerprint density at radius 3 is 2.56 bits per heavy atom. The van der Waals surface area contributed by atoms with E-state index in [1.54, 1.807) is 24.3 Å². The number of hydrogen-bond acceptors (Lipinski definition) is 7. The van der Waals surface area contributed by atoms with Crippen LogP contribution in [0.15, 0.2) is 83.7 Å². The number of allylic oxidation sites excluding steroid dienone is 4. The molecule has 2 amide bonds. The molecule has 1 spiro atoms.